The van der Waals surface area contributed by atoms with Crippen LogP contribution < -0.4 is 5.32 Å². The molecule has 0 aliphatic heterocycles. The number of halogens is 2. The van der Waals surface area contributed by atoms with Crippen molar-refractivity contribution in [3.05, 3.63) is 69.0 Å². The Bertz CT molecular complexity index is 1090. The zero-order chi connectivity index (χ0) is 19.6. The van der Waals surface area contributed by atoms with Gasteiger partial charge in [-0.15, -0.1) is 10.2 Å². The molecule has 0 atom stereocenters. The van der Waals surface area contributed by atoms with Crippen molar-refractivity contribution in [2.45, 2.75) is 0 Å². The van der Waals surface area contributed by atoms with E-state index in [1.54, 1.807) is 29.1 Å². The monoisotopic (exact) mass is 445 g/mol. The third-order valence-electron chi connectivity index (χ3n) is 3.51. The van der Waals surface area contributed by atoms with Crippen LogP contribution in [0.25, 0.3) is 5.82 Å². The molecule has 2 aromatic heterocycles. The molecule has 1 aromatic carbocycles. The van der Waals surface area contributed by atoms with Crippen molar-refractivity contribution in [2.75, 3.05) is 5.32 Å². The fraction of sp³-hybridized carbons (Fsp3) is 0. The van der Waals surface area contributed by atoms with Gasteiger partial charge in [0.25, 0.3) is 5.91 Å². The van der Waals surface area contributed by atoms with Gasteiger partial charge in [0.05, 0.1) is 21.8 Å². The van der Waals surface area contributed by atoms with Crippen LogP contribution in [0, 0.1) is 11.3 Å². The molecule has 0 spiro atoms. The number of amides is 1. The Morgan fingerprint density at radius 1 is 1.26 bits per heavy atom. The number of aromatic carboxylic acids is 1. The van der Waals surface area contributed by atoms with E-state index < -0.39 is 11.9 Å². The van der Waals surface area contributed by atoms with Gasteiger partial charge < -0.3 is 15.0 Å². The quantitative estimate of drug-likeness (QED) is 0.632. The number of benzene rings is 1. The zero-order valence-electron chi connectivity index (χ0n) is 13.3. The number of nitriles is 1. The Morgan fingerprint density at radius 2 is 2.04 bits per heavy atom. The fourth-order valence-electron chi connectivity index (χ4n) is 2.20. The number of carboxylic acids is 1. The van der Waals surface area contributed by atoms with Gasteiger partial charge in [-0.25, -0.2) is 4.79 Å². The van der Waals surface area contributed by atoms with Crippen LogP contribution in [0.15, 0.2) is 47.2 Å². The Morgan fingerprint density at radius 3 is 2.63 bits per heavy atom. The second kappa shape index (κ2) is 7.57. The summed E-state index contributed by atoms with van der Waals surface area (Å²) in [6, 6.07) is 9.25. The number of rotatable bonds is 4. The van der Waals surface area contributed by atoms with E-state index in [-0.39, 0.29) is 22.0 Å². The average Bonchev–Trinajstić information content (AvgIpc) is 3.13. The molecule has 2 N–H and O–H groups in total. The number of anilines is 1. The van der Waals surface area contributed by atoms with Gasteiger partial charge in [-0.3, -0.25) is 4.79 Å². The van der Waals surface area contributed by atoms with E-state index in [2.05, 4.69) is 31.4 Å². The molecule has 1 amide bonds. The highest BCUT2D eigenvalue weighted by molar-refractivity contribution is 9.10. The second-order valence-corrected chi connectivity index (χ2v) is 6.53. The normalized spacial score (nSPS) is 10.3. The molecule has 134 valence electrons. The smallest absolute Gasteiger partial charge is 0.337 e. The molecule has 3 aromatic rings. The molecule has 0 saturated carbocycles. The molecule has 0 saturated heterocycles. The van der Waals surface area contributed by atoms with E-state index in [1.165, 1.54) is 18.2 Å². The zero-order valence-corrected chi connectivity index (χ0v) is 15.7. The van der Waals surface area contributed by atoms with E-state index in [4.69, 9.17) is 16.9 Å². The Hall–Kier alpha value is -3.22. The van der Waals surface area contributed by atoms with Crippen LogP contribution in [-0.4, -0.2) is 31.7 Å². The average molecular weight is 447 g/mol. The van der Waals surface area contributed by atoms with Gasteiger partial charge in [-0.1, -0.05) is 11.6 Å². The van der Waals surface area contributed by atoms with Crippen molar-refractivity contribution >= 4 is 45.1 Å². The lowest BCUT2D eigenvalue weighted by Crippen LogP contribution is -2.17. The molecule has 0 unspecified atom stereocenters. The first-order chi connectivity index (χ1) is 12.9. The van der Waals surface area contributed by atoms with Crippen molar-refractivity contribution in [3.8, 4) is 11.9 Å². The molecule has 3 rings (SSSR count). The van der Waals surface area contributed by atoms with Gasteiger partial charge in [0, 0.05) is 16.9 Å². The summed E-state index contributed by atoms with van der Waals surface area (Å²) < 4.78 is 2.03. The summed E-state index contributed by atoms with van der Waals surface area (Å²) in [5, 5.41) is 28.6. The van der Waals surface area contributed by atoms with E-state index in [0.717, 1.165) is 0 Å². The summed E-state index contributed by atoms with van der Waals surface area (Å²) in [6.07, 6.45) is 3.22. The molecule has 10 heteroatoms. The molecular formula is C17H9BrClN5O3. The summed E-state index contributed by atoms with van der Waals surface area (Å²) in [6.45, 7) is 0. The molecule has 0 radical (unpaired) electrons. The van der Waals surface area contributed by atoms with Crippen LogP contribution >= 0.6 is 27.5 Å². The maximum absolute atomic E-state index is 12.4. The molecule has 2 heterocycles. The predicted molar refractivity (Wildman–Crippen MR) is 100 cm³/mol. The first-order valence-corrected chi connectivity index (χ1v) is 8.52. The van der Waals surface area contributed by atoms with E-state index in [0.29, 0.717) is 15.9 Å². The molecule has 0 aliphatic rings. The lowest BCUT2D eigenvalue weighted by atomic mass is 10.1. The molecule has 0 bridgehead atoms. The number of nitrogens with zero attached hydrogens (tertiary/aromatic N) is 4. The predicted octanol–water partition coefficient (Wildman–Crippen LogP) is 3.51. The largest absolute Gasteiger partial charge is 0.478 e. The van der Waals surface area contributed by atoms with Gasteiger partial charge in [0.2, 0.25) is 0 Å². The van der Waals surface area contributed by atoms with Crippen molar-refractivity contribution in [3.63, 3.8) is 0 Å². The number of carbonyl (C=O) groups excluding carboxylic acids is 1. The van der Waals surface area contributed by atoms with Gasteiger partial charge in [0.1, 0.15) is 6.07 Å². The molecular weight excluding hydrogens is 438 g/mol. The third-order valence-corrected chi connectivity index (χ3v) is 4.71. The van der Waals surface area contributed by atoms with Crippen molar-refractivity contribution in [1.82, 2.24) is 14.8 Å². The van der Waals surface area contributed by atoms with Crippen molar-refractivity contribution < 1.29 is 14.7 Å². The van der Waals surface area contributed by atoms with Crippen molar-refractivity contribution in [2.24, 2.45) is 0 Å². The summed E-state index contributed by atoms with van der Waals surface area (Å²) in [5.41, 5.74) is 0.373. The SMILES string of the molecule is N#Cc1ccn(-c2ccc(C(=O)Nc3cc(Br)c(Cl)cc3C(=O)O)nn2)c1. The van der Waals surface area contributed by atoms with Crippen LogP contribution in [0.5, 0.6) is 0 Å². The number of carbonyl (C=O) groups is 2. The minimum Gasteiger partial charge on any atom is -0.478 e. The number of nitrogens with one attached hydrogen (secondary N) is 1. The van der Waals surface area contributed by atoms with Gasteiger partial charge >= 0.3 is 5.97 Å². The Kier molecular flexibility index (Phi) is 5.21. The number of carboxylic acid groups (broad SMARTS) is 1. The first kappa shape index (κ1) is 18.6. The lowest BCUT2D eigenvalue weighted by Gasteiger charge is -2.10. The molecule has 8 nitrogen and oxygen atoms in total. The second-order valence-electron chi connectivity index (χ2n) is 5.27. The highest BCUT2D eigenvalue weighted by atomic mass is 79.9. The van der Waals surface area contributed by atoms with E-state index >= 15 is 0 Å². The fourth-order valence-corrected chi connectivity index (χ4v) is 2.71. The molecule has 27 heavy (non-hydrogen) atoms. The van der Waals surface area contributed by atoms with Crippen LogP contribution in [0.1, 0.15) is 26.4 Å². The van der Waals surface area contributed by atoms with Gasteiger partial charge in [0.15, 0.2) is 11.5 Å². The minimum absolute atomic E-state index is 0.00572. The van der Waals surface area contributed by atoms with Gasteiger partial charge in [-0.05, 0) is 46.3 Å². The standard InChI is InChI=1S/C17H9BrClN5O3/c18-11-6-14(10(17(26)27)5-12(11)19)21-16(25)13-1-2-15(23-22-13)24-4-3-9(7-20)8-24/h1-6,8H,(H,21,25)(H,26,27). The number of hydrogen-bond donors (Lipinski definition) is 2. The summed E-state index contributed by atoms with van der Waals surface area (Å²) in [4.78, 5) is 23.7. The number of aromatic nitrogens is 3. The Balaban J connectivity index is 1.84. The highest BCUT2D eigenvalue weighted by Crippen LogP contribution is 2.29. The lowest BCUT2D eigenvalue weighted by molar-refractivity contribution is 0.0698. The molecule has 0 fully saturated rings. The topological polar surface area (TPSA) is 121 Å². The van der Waals surface area contributed by atoms with Crippen LogP contribution in [0.4, 0.5) is 5.69 Å². The number of hydrogen-bond acceptors (Lipinski definition) is 5. The maximum Gasteiger partial charge on any atom is 0.337 e. The van der Waals surface area contributed by atoms with Crippen LogP contribution in [-0.2, 0) is 0 Å². The molecule has 0 aliphatic carbocycles. The van der Waals surface area contributed by atoms with Gasteiger partial charge in [-0.2, -0.15) is 5.26 Å². The summed E-state index contributed by atoms with van der Waals surface area (Å²) in [7, 11) is 0. The first-order valence-electron chi connectivity index (χ1n) is 7.35. The van der Waals surface area contributed by atoms with Crippen LogP contribution in [0.2, 0.25) is 5.02 Å². The maximum atomic E-state index is 12.4. The summed E-state index contributed by atoms with van der Waals surface area (Å²) >= 11 is 9.09. The van der Waals surface area contributed by atoms with E-state index in [1.807, 2.05) is 6.07 Å². The highest BCUT2D eigenvalue weighted by Gasteiger charge is 2.17. The van der Waals surface area contributed by atoms with Crippen molar-refractivity contribution in [1.29, 1.82) is 5.26 Å². The minimum atomic E-state index is -1.23. The summed E-state index contributed by atoms with van der Waals surface area (Å²) in [5.74, 6) is -1.44. The van der Waals surface area contributed by atoms with E-state index in [9.17, 15) is 14.7 Å². The Labute approximate surface area is 166 Å². The van der Waals surface area contributed by atoms with Crippen LogP contribution in [0.3, 0.4) is 0 Å². The third kappa shape index (κ3) is 3.97.